The van der Waals surface area contributed by atoms with Gasteiger partial charge in [0.2, 0.25) is 0 Å². The molecule has 0 bridgehead atoms. The lowest BCUT2D eigenvalue weighted by atomic mass is 10.1. The summed E-state index contributed by atoms with van der Waals surface area (Å²) < 4.78 is 4.63. The van der Waals surface area contributed by atoms with E-state index in [0.29, 0.717) is 36.6 Å². The Bertz CT molecular complexity index is 1710. The minimum absolute atomic E-state index is 0.0492. The predicted octanol–water partition coefficient (Wildman–Crippen LogP) is 1.74. The molecule has 43 heavy (non-hydrogen) atoms. The number of aromatic nitrogens is 6. The molecule has 2 N–H and O–H groups in total. The number of carbonyl (C=O) groups excluding carboxylic acids is 3. The van der Waals surface area contributed by atoms with Gasteiger partial charge in [0.15, 0.2) is 5.69 Å². The number of hydrogen-bond acceptors (Lipinski definition) is 7. The van der Waals surface area contributed by atoms with Crippen LogP contribution in [0.3, 0.4) is 0 Å². The molecule has 0 spiro atoms. The van der Waals surface area contributed by atoms with E-state index < -0.39 is 5.97 Å². The van der Waals surface area contributed by atoms with Crippen molar-refractivity contribution in [2.75, 3.05) is 32.7 Å². The lowest BCUT2D eigenvalue weighted by Crippen LogP contribution is -2.43. The second kappa shape index (κ2) is 12.3. The normalized spacial score (nSPS) is 14.0. The van der Waals surface area contributed by atoms with Gasteiger partial charge in [-0.25, -0.2) is 9.78 Å². The first-order chi connectivity index (χ1) is 20.6. The zero-order valence-electron chi connectivity index (χ0n) is 24.1. The number of halogens is 1. The minimum atomic E-state index is -1.13. The molecule has 5 heterocycles. The number of carboxylic acid groups (broad SMARTS) is 1. The number of amides is 3. The molecule has 2 aliphatic rings. The standard InChI is InChI=1S/C19H21ClN6O2.C9H11N3O3/c1-24-15-5-4-12(20)10-14(15)23-16(24)6-7-21-18(27)17-13(11-22-25(17)2)19(28)26-8-3-9-26;1-11-7(9(14)15)6(5-10-11)8(13)12-3-2-4-12/h4-5,10-11H,3,6-9H2,1-2H3,(H,21,27);5H,2-4H2,1H3,(H,14,15). The monoisotopic (exact) mass is 609 g/mol. The summed E-state index contributed by atoms with van der Waals surface area (Å²) in [6.07, 6.45) is 5.31. The van der Waals surface area contributed by atoms with Gasteiger partial charge in [0.1, 0.15) is 11.5 Å². The van der Waals surface area contributed by atoms with Crippen LogP contribution in [0.1, 0.15) is 60.4 Å². The Balaban J connectivity index is 0.000000207. The average molecular weight is 610 g/mol. The second-order valence-corrected chi connectivity index (χ2v) is 10.8. The van der Waals surface area contributed by atoms with Gasteiger partial charge in [-0.05, 0) is 31.0 Å². The van der Waals surface area contributed by atoms with Crippen molar-refractivity contribution in [3.8, 4) is 0 Å². The Hall–Kier alpha value is -4.72. The number of carboxylic acids is 1. The zero-order valence-corrected chi connectivity index (χ0v) is 24.8. The van der Waals surface area contributed by atoms with Crippen molar-refractivity contribution in [2.45, 2.75) is 19.3 Å². The Labute approximate surface area is 251 Å². The summed E-state index contributed by atoms with van der Waals surface area (Å²) in [5.41, 5.74) is 2.56. The molecule has 0 saturated carbocycles. The molecule has 3 aromatic heterocycles. The highest BCUT2D eigenvalue weighted by Gasteiger charge is 2.29. The third kappa shape index (κ3) is 5.95. The van der Waals surface area contributed by atoms with Crippen molar-refractivity contribution < 1.29 is 24.3 Å². The van der Waals surface area contributed by atoms with Gasteiger partial charge in [0, 0.05) is 65.3 Å². The van der Waals surface area contributed by atoms with Gasteiger partial charge in [-0.1, -0.05) is 11.6 Å². The van der Waals surface area contributed by atoms with Crippen LogP contribution in [0.5, 0.6) is 0 Å². The van der Waals surface area contributed by atoms with Gasteiger partial charge in [-0.3, -0.25) is 23.7 Å². The van der Waals surface area contributed by atoms with Gasteiger partial charge in [-0.2, -0.15) is 10.2 Å². The number of likely N-dealkylation sites (tertiary alicyclic amines) is 2. The van der Waals surface area contributed by atoms with E-state index in [9.17, 15) is 19.2 Å². The highest BCUT2D eigenvalue weighted by Crippen LogP contribution is 2.20. The van der Waals surface area contributed by atoms with Gasteiger partial charge in [-0.15, -0.1) is 0 Å². The number of aromatic carboxylic acids is 1. The topological polar surface area (TPSA) is 160 Å². The van der Waals surface area contributed by atoms with Gasteiger partial charge in [0.05, 0.1) is 34.6 Å². The number of imidazole rings is 1. The summed E-state index contributed by atoms with van der Waals surface area (Å²) in [6.45, 7) is 3.25. The molecule has 3 amide bonds. The molecule has 0 atom stereocenters. The van der Waals surface area contributed by atoms with Gasteiger partial charge < -0.3 is 24.8 Å². The summed E-state index contributed by atoms with van der Waals surface area (Å²) in [4.78, 5) is 55.8. The molecule has 0 aliphatic carbocycles. The predicted molar refractivity (Wildman–Crippen MR) is 156 cm³/mol. The molecule has 2 aliphatic heterocycles. The summed E-state index contributed by atoms with van der Waals surface area (Å²) >= 11 is 6.03. The van der Waals surface area contributed by atoms with E-state index in [0.717, 1.165) is 42.8 Å². The third-order valence-electron chi connectivity index (χ3n) is 7.61. The minimum Gasteiger partial charge on any atom is -0.477 e. The summed E-state index contributed by atoms with van der Waals surface area (Å²) in [5.74, 6) is -0.979. The van der Waals surface area contributed by atoms with Crippen LogP contribution < -0.4 is 5.32 Å². The maximum Gasteiger partial charge on any atom is 0.354 e. The molecule has 0 unspecified atom stereocenters. The molecule has 1 aromatic carbocycles. The second-order valence-electron chi connectivity index (χ2n) is 10.4. The van der Waals surface area contributed by atoms with Crippen LogP contribution in [0.4, 0.5) is 0 Å². The van der Waals surface area contributed by atoms with Crippen LogP contribution >= 0.6 is 11.6 Å². The fraction of sp³-hybridized carbons (Fsp3) is 0.393. The van der Waals surface area contributed by atoms with Crippen molar-refractivity contribution >= 4 is 46.3 Å². The number of rotatable bonds is 7. The molecular weight excluding hydrogens is 578 g/mol. The van der Waals surface area contributed by atoms with Crippen molar-refractivity contribution in [1.82, 2.24) is 44.2 Å². The van der Waals surface area contributed by atoms with Crippen LogP contribution in [-0.4, -0.2) is 100 Å². The average Bonchev–Trinajstić information content (AvgIpc) is 3.57. The first kappa shape index (κ1) is 29.8. The van der Waals surface area contributed by atoms with E-state index in [-0.39, 0.29) is 34.7 Å². The lowest BCUT2D eigenvalue weighted by Gasteiger charge is -2.30. The fourth-order valence-corrected chi connectivity index (χ4v) is 5.07. The van der Waals surface area contributed by atoms with Crippen LogP contribution in [0, 0.1) is 0 Å². The summed E-state index contributed by atoms with van der Waals surface area (Å²) in [5, 5.41) is 20.3. The Morgan fingerprint density at radius 2 is 1.44 bits per heavy atom. The van der Waals surface area contributed by atoms with E-state index in [4.69, 9.17) is 16.7 Å². The van der Waals surface area contributed by atoms with E-state index >= 15 is 0 Å². The number of aryl methyl sites for hydroxylation is 3. The van der Waals surface area contributed by atoms with Crippen LogP contribution in [-0.2, 0) is 27.6 Å². The van der Waals surface area contributed by atoms with Crippen molar-refractivity contribution in [2.24, 2.45) is 21.1 Å². The molecule has 6 rings (SSSR count). The molecule has 14 nitrogen and oxygen atoms in total. The van der Waals surface area contributed by atoms with Crippen LogP contribution in [0.2, 0.25) is 5.02 Å². The highest BCUT2D eigenvalue weighted by atomic mass is 35.5. The maximum atomic E-state index is 12.7. The van der Waals surface area contributed by atoms with Crippen molar-refractivity contribution in [3.05, 3.63) is 64.0 Å². The molecule has 226 valence electrons. The number of benzene rings is 1. The third-order valence-corrected chi connectivity index (χ3v) is 7.85. The summed E-state index contributed by atoms with van der Waals surface area (Å²) in [6, 6.07) is 5.58. The molecule has 0 radical (unpaired) electrons. The molecule has 2 fully saturated rings. The number of fused-ring (bicyclic) bond motifs is 1. The van der Waals surface area contributed by atoms with E-state index in [1.807, 2.05) is 29.8 Å². The number of nitrogens with one attached hydrogen (secondary N) is 1. The first-order valence-corrected chi connectivity index (χ1v) is 14.2. The van der Waals surface area contributed by atoms with Crippen molar-refractivity contribution in [3.63, 3.8) is 0 Å². The van der Waals surface area contributed by atoms with E-state index in [2.05, 4.69) is 20.5 Å². The van der Waals surface area contributed by atoms with E-state index in [1.54, 1.807) is 16.8 Å². The van der Waals surface area contributed by atoms with Crippen LogP contribution in [0.15, 0.2) is 30.6 Å². The number of nitrogens with zero attached hydrogens (tertiary/aromatic N) is 8. The van der Waals surface area contributed by atoms with Crippen molar-refractivity contribution in [1.29, 1.82) is 0 Å². The quantitative estimate of drug-likeness (QED) is 0.320. The zero-order chi connectivity index (χ0) is 30.8. The van der Waals surface area contributed by atoms with Crippen LogP contribution in [0.25, 0.3) is 11.0 Å². The lowest BCUT2D eigenvalue weighted by molar-refractivity contribution is 0.0621. The highest BCUT2D eigenvalue weighted by molar-refractivity contribution is 6.31. The Morgan fingerprint density at radius 3 is 1.98 bits per heavy atom. The first-order valence-electron chi connectivity index (χ1n) is 13.8. The molecule has 2 saturated heterocycles. The molecule has 4 aromatic rings. The SMILES string of the molecule is Cn1ncc(C(=O)N2CCC2)c1C(=O)NCCc1nc2cc(Cl)ccc2n1C.Cn1ncc(C(=O)N2CCC2)c1C(=O)O. The molecular formula is C28H32ClN9O5. The number of hydrogen-bond donors (Lipinski definition) is 2. The maximum absolute atomic E-state index is 12.7. The fourth-order valence-electron chi connectivity index (χ4n) is 4.91. The molecule has 15 heteroatoms. The van der Waals surface area contributed by atoms with E-state index in [1.165, 1.54) is 28.8 Å². The van der Waals surface area contributed by atoms with Gasteiger partial charge >= 0.3 is 5.97 Å². The smallest absolute Gasteiger partial charge is 0.354 e. The van der Waals surface area contributed by atoms with Gasteiger partial charge in [0.25, 0.3) is 17.7 Å². The summed E-state index contributed by atoms with van der Waals surface area (Å²) in [7, 11) is 5.11. The Morgan fingerprint density at radius 1 is 0.884 bits per heavy atom. The largest absolute Gasteiger partial charge is 0.477 e. The Kier molecular flexibility index (Phi) is 8.48. The number of carbonyl (C=O) groups is 4.